The van der Waals surface area contributed by atoms with Crippen LogP contribution >= 0.6 is 23.2 Å². The Morgan fingerprint density at radius 3 is 2.50 bits per heavy atom. The van der Waals surface area contributed by atoms with Crippen molar-refractivity contribution in [3.05, 3.63) is 68.2 Å². The summed E-state index contributed by atoms with van der Waals surface area (Å²) in [7, 11) is 0. The van der Waals surface area contributed by atoms with Crippen LogP contribution in [0.4, 0.5) is 11.4 Å². The van der Waals surface area contributed by atoms with Crippen molar-refractivity contribution < 1.29 is 19.2 Å². The molecule has 2 rings (SSSR count). The third kappa shape index (κ3) is 4.43. The summed E-state index contributed by atoms with van der Waals surface area (Å²) in [6.07, 6.45) is 0. The molecular formula is C15H10Cl2N2O5. The van der Waals surface area contributed by atoms with Gasteiger partial charge in [0.1, 0.15) is 0 Å². The highest BCUT2D eigenvalue weighted by Crippen LogP contribution is 2.26. The molecule has 0 atom stereocenters. The number of rotatable bonds is 5. The van der Waals surface area contributed by atoms with Crippen LogP contribution in [-0.4, -0.2) is 23.4 Å². The number of halogens is 2. The van der Waals surface area contributed by atoms with Crippen molar-refractivity contribution in [1.82, 2.24) is 0 Å². The summed E-state index contributed by atoms with van der Waals surface area (Å²) < 4.78 is 4.85. The molecule has 0 aromatic heterocycles. The summed E-state index contributed by atoms with van der Waals surface area (Å²) in [5, 5.41) is 13.4. The Morgan fingerprint density at radius 2 is 1.83 bits per heavy atom. The van der Waals surface area contributed by atoms with Crippen molar-refractivity contribution in [3.8, 4) is 0 Å². The number of hydrogen-bond donors (Lipinski definition) is 1. The molecule has 0 heterocycles. The van der Waals surface area contributed by atoms with Crippen LogP contribution < -0.4 is 5.32 Å². The average Bonchev–Trinajstić information content (AvgIpc) is 2.55. The maximum Gasteiger partial charge on any atom is 0.340 e. The van der Waals surface area contributed by atoms with E-state index in [4.69, 9.17) is 27.9 Å². The molecule has 2 aromatic carbocycles. The molecule has 7 nitrogen and oxygen atoms in total. The van der Waals surface area contributed by atoms with Gasteiger partial charge in [0.15, 0.2) is 6.61 Å². The zero-order valence-corrected chi connectivity index (χ0v) is 13.5. The molecule has 0 saturated carbocycles. The van der Waals surface area contributed by atoms with Crippen LogP contribution in [0, 0.1) is 10.1 Å². The van der Waals surface area contributed by atoms with E-state index in [9.17, 15) is 19.7 Å². The molecule has 0 aliphatic carbocycles. The minimum Gasteiger partial charge on any atom is -0.452 e. The van der Waals surface area contributed by atoms with Gasteiger partial charge in [-0.3, -0.25) is 14.9 Å². The first-order valence-electron chi connectivity index (χ1n) is 6.54. The smallest absolute Gasteiger partial charge is 0.340 e. The number of anilines is 1. The molecule has 0 unspecified atom stereocenters. The Morgan fingerprint density at radius 1 is 1.12 bits per heavy atom. The SMILES string of the molecule is O=C(COC(=O)c1ccccc1Cl)Nc1cc([N+](=O)[O-])ccc1Cl. The second-order valence-electron chi connectivity index (χ2n) is 4.53. The zero-order chi connectivity index (χ0) is 17.7. The number of non-ortho nitro benzene ring substituents is 1. The summed E-state index contributed by atoms with van der Waals surface area (Å²) in [5.41, 5.74) is -0.0623. The number of nitrogens with one attached hydrogen (secondary N) is 1. The number of hydrogen-bond acceptors (Lipinski definition) is 5. The molecule has 0 fully saturated rings. The maximum atomic E-state index is 11.8. The van der Waals surface area contributed by atoms with E-state index in [0.29, 0.717) is 0 Å². The minimum absolute atomic E-state index is 0.0460. The molecule has 9 heteroatoms. The van der Waals surface area contributed by atoms with Crippen molar-refractivity contribution in [1.29, 1.82) is 0 Å². The number of nitrogens with zero attached hydrogens (tertiary/aromatic N) is 1. The van der Waals surface area contributed by atoms with Gasteiger partial charge in [0.05, 0.1) is 26.2 Å². The van der Waals surface area contributed by atoms with Gasteiger partial charge >= 0.3 is 5.97 Å². The van der Waals surface area contributed by atoms with Crippen molar-refractivity contribution >= 4 is 46.5 Å². The van der Waals surface area contributed by atoms with Crippen LogP contribution in [0.5, 0.6) is 0 Å². The lowest BCUT2D eigenvalue weighted by Crippen LogP contribution is -2.21. The van der Waals surface area contributed by atoms with E-state index in [1.165, 1.54) is 24.3 Å². The van der Waals surface area contributed by atoms with Gasteiger partial charge in [-0.2, -0.15) is 0 Å². The molecule has 0 aliphatic heterocycles. The first-order valence-corrected chi connectivity index (χ1v) is 7.29. The van der Waals surface area contributed by atoms with E-state index >= 15 is 0 Å². The highest BCUT2D eigenvalue weighted by Gasteiger charge is 2.15. The molecule has 0 aliphatic rings. The van der Waals surface area contributed by atoms with E-state index in [0.717, 1.165) is 6.07 Å². The number of ether oxygens (including phenoxy) is 1. The molecule has 124 valence electrons. The van der Waals surface area contributed by atoms with Gasteiger partial charge in [-0.05, 0) is 18.2 Å². The molecule has 2 aromatic rings. The van der Waals surface area contributed by atoms with Crippen LogP contribution in [0.15, 0.2) is 42.5 Å². The van der Waals surface area contributed by atoms with E-state index in [2.05, 4.69) is 5.32 Å². The number of carbonyl (C=O) groups is 2. The van der Waals surface area contributed by atoms with Crippen molar-refractivity contribution in [2.75, 3.05) is 11.9 Å². The summed E-state index contributed by atoms with van der Waals surface area (Å²) in [4.78, 5) is 33.7. The Bertz CT molecular complexity index is 810. The third-order valence-electron chi connectivity index (χ3n) is 2.86. The summed E-state index contributed by atoms with van der Waals surface area (Å²) in [6.45, 7) is -0.594. The van der Waals surface area contributed by atoms with E-state index < -0.39 is 23.4 Å². The minimum atomic E-state index is -0.763. The first-order chi connectivity index (χ1) is 11.4. The van der Waals surface area contributed by atoms with Gasteiger partial charge in [-0.1, -0.05) is 35.3 Å². The predicted molar refractivity (Wildman–Crippen MR) is 88.5 cm³/mol. The number of esters is 1. The molecule has 24 heavy (non-hydrogen) atoms. The zero-order valence-electron chi connectivity index (χ0n) is 12.0. The lowest BCUT2D eigenvalue weighted by Gasteiger charge is -2.08. The molecular weight excluding hydrogens is 359 g/mol. The predicted octanol–water partition coefficient (Wildman–Crippen LogP) is 3.70. The third-order valence-corrected chi connectivity index (χ3v) is 3.52. The van der Waals surface area contributed by atoms with Gasteiger partial charge in [-0.15, -0.1) is 0 Å². The standard InChI is InChI=1S/C15H10Cl2N2O5/c16-11-4-2-1-3-10(11)15(21)24-8-14(20)18-13-7-9(19(22)23)5-6-12(13)17/h1-7H,8H2,(H,18,20). The van der Waals surface area contributed by atoms with Crippen LogP contribution in [0.3, 0.4) is 0 Å². The molecule has 0 saturated heterocycles. The fraction of sp³-hybridized carbons (Fsp3) is 0.0667. The molecule has 1 amide bonds. The van der Waals surface area contributed by atoms with Crippen molar-refractivity contribution in [2.45, 2.75) is 0 Å². The lowest BCUT2D eigenvalue weighted by molar-refractivity contribution is -0.384. The van der Waals surface area contributed by atoms with Gasteiger partial charge in [0.2, 0.25) is 0 Å². The van der Waals surface area contributed by atoms with E-state index in [-0.39, 0.29) is 27.0 Å². The quantitative estimate of drug-likeness (QED) is 0.492. The number of benzene rings is 2. The topological polar surface area (TPSA) is 98.5 Å². The fourth-order valence-electron chi connectivity index (χ4n) is 1.74. The number of amides is 1. The second kappa shape index (κ2) is 7.76. The summed E-state index contributed by atoms with van der Waals surface area (Å²) in [6, 6.07) is 9.82. The van der Waals surface area contributed by atoms with Gasteiger partial charge in [-0.25, -0.2) is 4.79 Å². The molecule has 1 N–H and O–H groups in total. The lowest BCUT2D eigenvalue weighted by atomic mass is 10.2. The van der Waals surface area contributed by atoms with Gasteiger partial charge < -0.3 is 10.1 Å². The van der Waals surface area contributed by atoms with Gasteiger partial charge in [0.25, 0.3) is 11.6 Å². The van der Waals surface area contributed by atoms with Crippen molar-refractivity contribution in [2.24, 2.45) is 0 Å². The highest BCUT2D eigenvalue weighted by molar-refractivity contribution is 6.34. The van der Waals surface area contributed by atoms with Gasteiger partial charge in [0, 0.05) is 12.1 Å². The monoisotopic (exact) mass is 368 g/mol. The Balaban J connectivity index is 1.99. The Kier molecular flexibility index (Phi) is 5.73. The van der Waals surface area contributed by atoms with E-state index in [1.807, 2.05) is 0 Å². The molecule has 0 bridgehead atoms. The number of carbonyl (C=O) groups excluding carboxylic acids is 2. The van der Waals surface area contributed by atoms with E-state index in [1.54, 1.807) is 12.1 Å². The maximum absolute atomic E-state index is 11.8. The Hall–Kier alpha value is -2.64. The number of nitro groups is 1. The average molecular weight is 369 g/mol. The highest BCUT2D eigenvalue weighted by atomic mass is 35.5. The first kappa shape index (κ1) is 17.7. The summed E-state index contributed by atoms with van der Waals surface area (Å²) in [5.74, 6) is -1.46. The van der Waals surface area contributed by atoms with Crippen LogP contribution in [0.2, 0.25) is 10.0 Å². The Labute approximate surface area is 146 Å². The fourth-order valence-corrected chi connectivity index (χ4v) is 2.12. The molecule has 0 spiro atoms. The van der Waals surface area contributed by atoms with Crippen LogP contribution in [0.1, 0.15) is 10.4 Å². The second-order valence-corrected chi connectivity index (χ2v) is 5.34. The molecule has 0 radical (unpaired) electrons. The number of nitro benzene ring substituents is 1. The van der Waals surface area contributed by atoms with Crippen LogP contribution in [0.25, 0.3) is 0 Å². The summed E-state index contributed by atoms with van der Waals surface area (Å²) >= 11 is 11.7. The normalized spacial score (nSPS) is 10.1. The van der Waals surface area contributed by atoms with Crippen molar-refractivity contribution in [3.63, 3.8) is 0 Å². The van der Waals surface area contributed by atoms with Crippen LogP contribution in [-0.2, 0) is 9.53 Å². The largest absolute Gasteiger partial charge is 0.452 e.